The van der Waals surface area contributed by atoms with E-state index in [0.29, 0.717) is 6.54 Å². The topological polar surface area (TPSA) is 50.8 Å². The number of amides is 1. The second-order valence-electron chi connectivity index (χ2n) is 7.13. The van der Waals surface area contributed by atoms with Crippen molar-refractivity contribution in [1.29, 1.82) is 0 Å². The molecule has 0 spiro atoms. The molecule has 3 rings (SSSR count). The van der Waals surface area contributed by atoms with Crippen molar-refractivity contribution in [3.63, 3.8) is 0 Å². The average Bonchev–Trinajstić information content (AvgIpc) is 3.33. The van der Waals surface area contributed by atoms with Crippen LogP contribution < -0.4 is 14.8 Å². The zero-order valence-corrected chi connectivity index (χ0v) is 15.5. The van der Waals surface area contributed by atoms with Gasteiger partial charge in [-0.2, -0.15) is 0 Å². The van der Waals surface area contributed by atoms with E-state index in [-0.39, 0.29) is 11.4 Å². The highest BCUT2D eigenvalue weighted by Crippen LogP contribution is 2.37. The Morgan fingerprint density at radius 1 is 1.08 bits per heavy atom. The van der Waals surface area contributed by atoms with Gasteiger partial charge in [0.1, 0.15) is 5.54 Å². The van der Waals surface area contributed by atoms with Gasteiger partial charge in [0.25, 0.3) is 0 Å². The van der Waals surface area contributed by atoms with Crippen LogP contribution in [-0.4, -0.2) is 50.2 Å². The number of hydrogen-bond acceptors (Lipinski definition) is 4. The van der Waals surface area contributed by atoms with Gasteiger partial charge in [0.05, 0.1) is 14.2 Å². The molecule has 5 nitrogen and oxygen atoms in total. The summed E-state index contributed by atoms with van der Waals surface area (Å²) in [4.78, 5) is 15.4. The van der Waals surface area contributed by atoms with Crippen LogP contribution in [0.25, 0.3) is 0 Å². The maximum absolute atomic E-state index is 13.0. The van der Waals surface area contributed by atoms with E-state index in [9.17, 15) is 4.79 Å². The number of rotatable bonds is 7. The van der Waals surface area contributed by atoms with E-state index in [1.165, 1.54) is 25.7 Å². The van der Waals surface area contributed by atoms with E-state index in [4.69, 9.17) is 9.47 Å². The standard InChI is InChI=1S/C20H30N2O3/c1-24-17-8-7-16(15-18(17)25-2)9-12-21-19(23)20(10-3-4-11-20)22-13-5-6-14-22/h7-8,15H,3-6,9-14H2,1-2H3,(H,21,23). The van der Waals surface area contributed by atoms with E-state index in [0.717, 1.165) is 49.4 Å². The lowest BCUT2D eigenvalue weighted by molar-refractivity contribution is -0.132. The first-order valence-electron chi connectivity index (χ1n) is 9.44. The van der Waals surface area contributed by atoms with Crippen LogP contribution >= 0.6 is 0 Å². The Morgan fingerprint density at radius 3 is 2.40 bits per heavy atom. The number of benzene rings is 1. The molecule has 1 N–H and O–H groups in total. The Labute approximate surface area is 150 Å². The Hall–Kier alpha value is -1.75. The maximum Gasteiger partial charge on any atom is 0.240 e. The number of carbonyl (C=O) groups excluding carboxylic acids is 1. The van der Waals surface area contributed by atoms with Gasteiger partial charge in [-0.25, -0.2) is 0 Å². The highest BCUT2D eigenvalue weighted by Gasteiger charge is 2.46. The van der Waals surface area contributed by atoms with E-state index in [2.05, 4.69) is 10.2 Å². The molecule has 0 aromatic heterocycles. The van der Waals surface area contributed by atoms with Crippen LogP contribution in [0.3, 0.4) is 0 Å². The highest BCUT2D eigenvalue weighted by molar-refractivity contribution is 5.86. The van der Waals surface area contributed by atoms with Gasteiger partial charge in [0.2, 0.25) is 5.91 Å². The van der Waals surface area contributed by atoms with Crippen molar-refractivity contribution in [2.24, 2.45) is 0 Å². The molecule has 1 aliphatic heterocycles. The van der Waals surface area contributed by atoms with E-state index >= 15 is 0 Å². The number of methoxy groups -OCH3 is 2. The fourth-order valence-electron chi connectivity index (χ4n) is 4.31. The summed E-state index contributed by atoms with van der Waals surface area (Å²) in [5.41, 5.74) is 0.897. The van der Waals surface area contributed by atoms with Gasteiger partial charge in [0.15, 0.2) is 11.5 Å². The zero-order valence-electron chi connectivity index (χ0n) is 15.5. The fraction of sp³-hybridized carbons (Fsp3) is 0.650. The highest BCUT2D eigenvalue weighted by atomic mass is 16.5. The predicted molar refractivity (Wildman–Crippen MR) is 98.3 cm³/mol. The maximum atomic E-state index is 13.0. The summed E-state index contributed by atoms with van der Waals surface area (Å²) in [5, 5.41) is 3.20. The third-order valence-electron chi connectivity index (χ3n) is 5.71. The molecule has 2 fully saturated rings. The van der Waals surface area contributed by atoms with E-state index in [1.54, 1.807) is 14.2 Å². The van der Waals surface area contributed by atoms with Gasteiger partial charge >= 0.3 is 0 Å². The number of nitrogens with zero attached hydrogens (tertiary/aromatic N) is 1. The van der Waals surface area contributed by atoms with Crippen molar-refractivity contribution in [2.75, 3.05) is 33.9 Å². The molecule has 5 heteroatoms. The van der Waals surface area contributed by atoms with Crippen molar-refractivity contribution >= 4 is 5.91 Å². The molecule has 0 unspecified atom stereocenters. The number of hydrogen-bond donors (Lipinski definition) is 1. The summed E-state index contributed by atoms with van der Waals surface area (Å²) in [6.45, 7) is 2.80. The summed E-state index contributed by atoms with van der Waals surface area (Å²) in [7, 11) is 3.28. The predicted octanol–water partition coefficient (Wildman–Crippen LogP) is 2.77. The van der Waals surface area contributed by atoms with Crippen LogP contribution in [0.5, 0.6) is 11.5 Å². The van der Waals surface area contributed by atoms with Crippen LogP contribution in [-0.2, 0) is 11.2 Å². The van der Waals surface area contributed by atoms with Crippen molar-refractivity contribution < 1.29 is 14.3 Å². The SMILES string of the molecule is COc1ccc(CCNC(=O)C2(N3CCCC3)CCCC2)cc1OC. The molecule has 1 amide bonds. The molecule has 138 valence electrons. The van der Waals surface area contributed by atoms with Crippen molar-refractivity contribution in [3.05, 3.63) is 23.8 Å². The van der Waals surface area contributed by atoms with Crippen LogP contribution in [0.4, 0.5) is 0 Å². The molecule has 1 aromatic rings. The Morgan fingerprint density at radius 2 is 1.76 bits per heavy atom. The molecule has 25 heavy (non-hydrogen) atoms. The monoisotopic (exact) mass is 346 g/mol. The van der Waals surface area contributed by atoms with Gasteiger partial charge in [-0.3, -0.25) is 9.69 Å². The van der Waals surface area contributed by atoms with E-state index in [1.807, 2.05) is 18.2 Å². The minimum absolute atomic E-state index is 0.229. The van der Waals surface area contributed by atoms with Crippen molar-refractivity contribution in [3.8, 4) is 11.5 Å². The van der Waals surface area contributed by atoms with Crippen LogP contribution in [0.1, 0.15) is 44.1 Å². The van der Waals surface area contributed by atoms with E-state index < -0.39 is 0 Å². The molecule has 1 saturated carbocycles. The third kappa shape index (κ3) is 3.76. The molecule has 1 heterocycles. The minimum atomic E-state index is -0.242. The second kappa shape index (κ2) is 8.09. The first-order valence-corrected chi connectivity index (χ1v) is 9.44. The molecule has 1 aromatic carbocycles. The largest absolute Gasteiger partial charge is 0.493 e. The van der Waals surface area contributed by atoms with Gasteiger partial charge in [-0.05, 0) is 62.9 Å². The Bertz CT molecular complexity index is 591. The zero-order chi connectivity index (χ0) is 17.7. The summed E-state index contributed by atoms with van der Waals surface area (Å²) in [6.07, 6.45) is 7.59. The number of likely N-dealkylation sites (tertiary alicyclic amines) is 1. The molecule has 0 atom stereocenters. The fourth-order valence-corrected chi connectivity index (χ4v) is 4.31. The van der Waals surface area contributed by atoms with Gasteiger partial charge < -0.3 is 14.8 Å². The molecule has 0 radical (unpaired) electrons. The molecule has 1 saturated heterocycles. The summed E-state index contributed by atoms with van der Waals surface area (Å²) < 4.78 is 10.6. The molecular weight excluding hydrogens is 316 g/mol. The van der Waals surface area contributed by atoms with Crippen LogP contribution in [0.15, 0.2) is 18.2 Å². The van der Waals surface area contributed by atoms with Crippen molar-refractivity contribution in [2.45, 2.75) is 50.5 Å². The Kier molecular flexibility index (Phi) is 5.84. The lowest BCUT2D eigenvalue weighted by Crippen LogP contribution is -2.56. The molecule has 1 aliphatic carbocycles. The number of carbonyl (C=O) groups is 1. The first-order chi connectivity index (χ1) is 12.2. The third-order valence-corrected chi connectivity index (χ3v) is 5.71. The second-order valence-corrected chi connectivity index (χ2v) is 7.13. The number of nitrogens with one attached hydrogen (secondary N) is 1. The summed E-state index contributed by atoms with van der Waals surface area (Å²) in [5.74, 6) is 1.69. The Balaban J connectivity index is 1.58. The van der Waals surface area contributed by atoms with Gasteiger partial charge in [-0.1, -0.05) is 18.9 Å². The summed E-state index contributed by atoms with van der Waals surface area (Å²) in [6, 6.07) is 5.93. The number of ether oxygens (including phenoxy) is 2. The first kappa shape index (κ1) is 18.1. The lowest BCUT2D eigenvalue weighted by Gasteiger charge is -2.37. The molecule has 0 bridgehead atoms. The molecule has 2 aliphatic rings. The normalized spacial score (nSPS) is 19.8. The minimum Gasteiger partial charge on any atom is -0.493 e. The van der Waals surface area contributed by atoms with Crippen LogP contribution in [0.2, 0.25) is 0 Å². The lowest BCUT2D eigenvalue weighted by atomic mass is 9.94. The quantitative estimate of drug-likeness (QED) is 0.825. The van der Waals surface area contributed by atoms with Crippen LogP contribution in [0, 0.1) is 0 Å². The smallest absolute Gasteiger partial charge is 0.240 e. The summed E-state index contributed by atoms with van der Waals surface area (Å²) >= 11 is 0. The van der Waals surface area contributed by atoms with Gasteiger partial charge in [-0.15, -0.1) is 0 Å². The van der Waals surface area contributed by atoms with Gasteiger partial charge in [0, 0.05) is 6.54 Å². The van der Waals surface area contributed by atoms with Crippen molar-refractivity contribution in [1.82, 2.24) is 10.2 Å². The molecular formula is C20H30N2O3. The average molecular weight is 346 g/mol.